The van der Waals surface area contributed by atoms with Gasteiger partial charge in [0.15, 0.2) is 0 Å². The Hall–Kier alpha value is -2.45. The number of likely N-dealkylation sites (tertiary alicyclic amines) is 1. The molecule has 1 aromatic carbocycles. The van der Waals surface area contributed by atoms with Crippen LogP contribution in [0.1, 0.15) is 37.9 Å². The first-order chi connectivity index (χ1) is 14.6. The number of hydrogen-bond acceptors (Lipinski definition) is 8. The highest BCUT2D eigenvalue weighted by Gasteiger charge is 2.15. The molecule has 3 rings (SSSR count). The van der Waals surface area contributed by atoms with E-state index in [1.54, 1.807) is 13.1 Å². The predicted octanol–water partition coefficient (Wildman–Crippen LogP) is 3.81. The number of thiazole rings is 1. The van der Waals surface area contributed by atoms with E-state index in [1.807, 2.05) is 29.6 Å². The summed E-state index contributed by atoms with van der Waals surface area (Å²) in [6.45, 7) is 8.52. The highest BCUT2D eigenvalue weighted by atomic mass is 32.1. The van der Waals surface area contributed by atoms with Crippen LogP contribution in [-0.2, 0) is 16.0 Å². The first-order valence-corrected chi connectivity index (χ1v) is 11.3. The molecule has 0 radical (unpaired) electrons. The molecule has 0 aliphatic carbocycles. The van der Waals surface area contributed by atoms with Gasteiger partial charge >= 0.3 is 5.97 Å². The molecule has 1 saturated heterocycles. The number of hydrazone groups is 1. The molecular formula is C22H30N4O3S. The number of carbonyl (C=O) groups is 1. The smallest absolute Gasteiger partial charge is 0.311 e. The molecule has 1 aliphatic rings. The van der Waals surface area contributed by atoms with Gasteiger partial charge in [-0.2, -0.15) is 5.10 Å². The van der Waals surface area contributed by atoms with E-state index < -0.39 is 0 Å². The first-order valence-electron chi connectivity index (χ1n) is 10.5. The zero-order valence-electron chi connectivity index (χ0n) is 17.7. The standard InChI is InChI=1S/C22H30N4O3S/c1-3-28-21(27)13-19-16-30-22(24-19)25-23-14-18-6-8-20(9-7-18)29-12-11-26-10-4-5-17(2)15-26/h6-9,14,16-17H,3-5,10-13,15H2,1-2H3,(H,24,25). The van der Waals surface area contributed by atoms with Gasteiger partial charge in [0.25, 0.3) is 0 Å². The lowest BCUT2D eigenvalue weighted by molar-refractivity contribution is -0.142. The number of aromatic nitrogens is 1. The van der Waals surface area contributed by atoms with Gasteiger partial charge in [0.05, 0.1) is 24.9 Å². The molecule has 1 aliphatic heterocycles. The molecule has 1 atom stereocenters. The van der Waals surface area contributed by atoms with Gasteiger partial charge in [0, 0.05) is 18.5 Å². The van der Waals surface area contributed by atoms with Gasteiger partial charge in [-0.15, -0.1) is 11.3 Å². The van der Waals surface area contributed by atoms with Crippen LogP contribution >= 0.6 is 11.3 Å². The van der Waals surface area contributed by atoms with Crippen molar-refractivity contribution >= 4 is 28.7 Å². The van der Waals surface area contributed by atoms with Gasteiger partial charge < -0.3 is 9.47 Å². The summed E-state index contributed by atoms with van der Waals surface area (Å²) in [4.78, 5) is 18.3. The van der Waals surface area contributed by atoms with Crippen LogP contribution in [-0.4, -0.2) is 54.9 Å². The molecule has 0 bridgehead atoms. The lowest BCUT2D eigenvalue weighted by Crippen LogP contribution is -2.37. The maximum Gasteiger partial charge on any atom is 0.311 e. The lowest BCUT2D eigenvalue weighted by atomic mass is 10.0. The number of nitrogens with zero attached hydrogens (tertiary/aromatic N) is 3. The minimum absolute atomic E-state index is 0.175. The van der Waals surface area contributed by atoms with E-state index in [4.69, 9.17) is 9.47 Å². The average Bonchev–Trinajstić information content (AvgIpc) is 3.16. The van der Waals surface area contributed by atoms with Crippen molar-refractivity contribution in [2.75, 3.05) is 38.3 Å². The van der Waals surface area contributed by atoms with Crippen molar-refractivity contribution in [1.82, 2.24) is 9.88 Å². The van der Waals surface area contributed by atoms with Gasteiger partial charge in [0.1, 0.15) is 12.4 Å². The molecular weight excluding hydrogens is 400 g/mol. The van der Waals surface area contributed by atoms with E-state index in [9.17, 15) is 4.79 Å². The Morgan fingerprint density at radius 1 is 1.40 bits per heavy atom. The van der Waals surface area contributed by atoms with Crippen LogP contribution in [0.2, 0.25) is 0 Å². The molecule has 30 heavy (non-hydrogen) atoms. The van der Waals surface area contributed by atoms with Crippen molar-refractivity contribution in [3.05, 3.63) is 40.9 Å². The summed E-state index contributed by atoms with van der Waals surface area (Å²) in [5.41, 5.74) is 4.53. The fourth-order valence-electron chi connectivity index (χ4n) is 3.39. The largest absolute Gasteiger partial charge is 0.492 e. The number of esters is 1. The Bertz CT molecular complexity index is 822. The Balaban J connectivity index is 1.39. The Labute approximate surface area is 182 Å². The molecule has 0 saturated carbocycles. The summed E-state index contributed by atoms with van der Waals surface area (Å²) >= 11 is 1.40. The zero-order chi connectivity index (χ0) is 21.2. The summed E-state index contributed by atoms with van der Waals surface area (Å²) in [5, 5.41) is 6.67. The summed E-state index contributed by atoms with van der Waals surface area (Å²) in [6.07, 6.45) is 4.53. The van der Waals surface area contributed by atoms with E-state index in [-0.39, 0.29) is 12.4 Å². The Kier molecular flexibility index (Phi) is 8.65. The third-order valence-corrected chi connectivity index (χ3v) is 5.65. The molecule has 162 valence electrons. The van der Waals surface area contributed by atoms with Crippen molar-refractivity contribution in [2.45, 2.75) is 33.1 Å². The van der Waals surface area contributed by atoms with Gasteiger partial charge in [-0.1, -0.05) is 6.92 Å². The summed E-state index contributed by atoms with van der Waals surface area (Å²) in [7, 11) is 0. The van der Waals surface area contributed by atoms with Gasteiger partial charge in [-0.3, -0.25) is 15.1 Å². The van der Waals surface area contributed by atoms with Crippen LogP contribution < -0.4 is 10.2 Å². The number of hydrogen-bond donors (Lipinski definition) is 1. The zero-order valence-corrected chi connectivity index (χ0v) is 18.5. The van der Waals surface area contributed by atoms with Gasteiger partial charge in [0.2, 0.25) is 5.13 Å². The number of rotatable bonds is 10. The molecule has 8 heteroatoms. The van der Waals surface area contributed by atoms with Crippen LogP contribution in [0.25, 0.3) is 0 Å². The minimum atomic E-state index is -0.273. The second-order valence-corrected chi connectivity index (χ2v) is 8.32. The van der Waals surface area contributed by atoms with Crippen LogP contribution in [0.3, 0.4) is 0 Å². The van der Waals surface area contributed by atoms with Gasteiger partial charge in [-0.25, -0.2) is 4.98 Å². The first kappa shape index (κ1) is 22.2. The second kappa shape index (κ2) is 11.7. The highest BCUT2D eigenvalue weighted by Crippen LogP contribution is 2.17. The van der Waals surface area contributed by atoms with E-state index in [0.717, 1.165) is 23.8 Å². The normalized spacial score (nSPS) is 17.2. The van der Waals surface area contributed by atoms with Crippen molar-refractivity contribution in [3.8, 4) is 5.75 Å². The van der Waals surface area contributed by atoms with Crippen LogP contribution in [0.15, 0.2) is 34.7 Å². The molecule has 0 spiro atoms. The number of anilines is 1. The third kappa shape index (κ3) is 7.42. The molecule has 1 fully saturated rings. The van der Waals surface area contributed by atoms with E-state index in [2.05, 4.69) is 27.3 Å². The molecule has 1 aromatic heterocycles. The quantitative estimate of drug-likeness (QED) is 0.351. The summed E-state index contributed by atoms with van der Waals surface area (Å²) < 4.78 is 10.8. The van der Waals surface area contributed by atoms with E-state index in [0.29, 0.717) is 24.0 Å². The van der Waals surface area contributed by atoms with Crippen molar-refractivity contribution in [2.24, 2.45) is 11.0 Å². The van der Waals surface area contributed by atoms with Crippen molar-refractivity contribution in [1.29, 1.82) is 0 Å². The van der Waals surface area contributed by atoms with Gasteiger partial charge in [-0.05, 0) is 62.1 Å². The maximum absolute atomic E-state index is 11.5. The van der Waals surface area contributed by atoms with Crippen LogP contribution in [0, 0.1) is 5.92 Å². The molecule has 0 amide bonds. The minimum Gasteiger partial charge on any atom is -0.492 e. The van der Waals surface area contributed by atoms with Crippen molar-refractivity contribution in [3.63, 3.8) is 0 Å². The van der Waals surface area contributed by atoms with Crippen LogP contribution in [0.4, 0.5) is 5.13 Å². The molecule has 1 unspecified atom stereocenters. The van der Waals surface area contributed by atoms with Crippen LogP contribution in [0.5, 0.6) is 5.75 Å². The maximum atomic E-state index is 11.5. The lowest BCUT2D eigenvalue weighted by Gasteiger charge is -2.30. The predicted molar refractivity (Wildman–Crippen MR) is 120 cm³/mol. The molecule has 1 N–H and O–H groups in total. The highest BCUT2D eigenvalue weighted by molar-refractivity contribution is 7.13. The fraction of sp³-hybridized carbons (Fsp3) is 0.500. The topological polar surface area (TPSA) is 76.1 Å². The molecule has 2 heterocycles. The SMILES string of the molecule is CCOC(=O)Cc1csc(NN=Cc2ccc(OCCN3CCCC(C)C3)cc2)n1. The Morgan fingerprint density at radius 2 is 2.23 bits per heavy atom. The number of benzene rings is 1. The average molecular weight is 431 g/mol. The van der Waals surface area contributed by atoms with E-state index >= 15 is 0 Å². The Morgan fingerprint density at radius 3 is 3.00 bits per heavy atom. The molecule has 7 nitrogen and oxygen atoms in total. The fourth-order valence-corrected chi connectivity index (χ4v) is 4.05. The molecule has 2 aromatic rings. The second-order valence-electron chi connectivity index (χ2n) is 7.46. The number of carbonyl (C=O) groups excluding carboxylic acids is 1. The monoisotopic (exact) mass is 430 g/mol. The number of piperidine rings is 1. The summed E-state index contributed by atoms with van der Waals surface area (Å²) in [6, 6.07) is 7.86. The number of nitrogens with one attached hydrogen (secondary N) is 1. The summed E-state index contributed by atoms with van der Waals surface area (Å²) in [5.74, 6) is 1.39. The third-order valence-electron chi connectivity index (χ3n) is 4.85. The number of ether oxygens (including phenoxy) is 2. The van der Waals surface area contributed by atoms with E-state index in [1.165, 1.54) is 37.3 Å². The van der Waals surface area contributed by atoms with Crippen molar-refractivity contribution < 1.29 is 14.3 Å².